The van der Waals surface area contributed by atoms with Crippen molar-refractivity contribution in [1.29, 1.82) is 0 Å². The minimum Gasteiger partial charge on any atom is -0.494 e. The predicted molar refractivity (Wildman–Crippen MR) is 183 cm³/mol. The maximum Gasteiger partial charge on any atom is 0.264 e. The fraction of sp³-hybridized carbons (Fsp3) is 0.278. The number of hydrogen-bond donors (Lipinski definition) is 1. The molecule has 1 N–H and O–H groups in total. The second kappa shape index (κ2) is 15.8. The van der Waals surface area contributed by atoms with Gasteiger partial charge in [-0.2, -0.15) is 0 Å². The summed E-state index contributed by atoms with van der Waals surface area (Å²) < 4.78 is 35.0. The van der Waals surface area contributed by atoms with Gasteiger partial charge in [0.05, 0.1) is 17.2 Å². The van der Waals surface area contributed by atoms with E-state index in [2.05, 4.69) is 5.32 Å². The van der Waals surface area contributed by atoms with Gasteiger partial charge in [-0.3, -0.25) is 13.9 Å². The number of carbonyl (C=O) groups is 2. The lowest BCUT2D eigenvalue weighted by Gasteiger charge is -2.34. The number of anilines is 1. The van der Waals surface area contributed by atoms with E-state index in [1.807, 2.05) is 64.1 Å². The van der Waals surface area contributed by atoms with Crippen LogP contribution < -0.4 is 14.4 Å². The average Bonchev–Trinajstić information content (AvgIpc) is 3.02. The molecule has 0 heterocycles. The van der Waals surface area contributed by atoms with Crippen LogP contribution in [0, 0.1) is 6.92 Å². The SMILES string of the molecule is CCOc1ccc(N(CC(=O)N(Cc2cccc(Cl)c2)[C@H](Cc2ccccc2)C(=O)NC(C)C)S(=O)(=O)c2ccc(C)cc2)cc1. The van der Waals surface area contributed by atoms with E-state index in [4.69, 9.17) is 16.3 Å². The van der Waals surface area contributed by atoms with E-state index < -0.39 is 28.5 Å². The number of nitrogens with zero attached hydrogens (tertiary/aromatic N) is 2. The Morgan fingerprint density at radius 2 is 1.52 bits per heavy atom. The molecular weight excluding hydrogens is 622 g/mol. The van der Waals surface area contributed by atoms with Gasteiger partial charge in [-0.05, 0) is 87.4 Å². The molecule has 4 aromatic rings. The molecule has 8 nitrogen and oxygen atoms in total. The number of aryl methyl sites for hydroxylation is 1. The number of carbonyl (C=O) groups excluding carboxylic acids is 2. The summed E-state index contributed by atoms with van der Waals surface area (Å²) in [7, 11) is -4.20. The molecule has 0 bridgehead atoms. The third-order valence-corrected chi connectivity index (χ3v) is 9.29. The zero-order chi connectivity index (χ0) is 33.3. The second-order valence-corrected chi connectivity index (χ2v) is 13.6. The number of halogens is 1. The first kappa shape index (κ1) is 34.5. The molecule has 0 radical (unpaired) electrons. The van der Waals surface area contributed by atoms with Gasteiger partial charge in [0, 0.05) is 24.0 Å². The molecule has 0 aliphatic heterocycles. The maximum absolute atomic E-state index is 14.5. The molecule has 10 heteroatoms. The highest BCUT2D eigenvalue weighted by Gasteiger charge is 2.35. The highest BCUT2D eigenvalue weighted by Crippen LogP contribution is 2.27. The van der Waals surface area contributed by atoms with E-state index in [0.717, 1.165) is 15.4 Å². The molecule has 4 rings (SSSR count). The van der Waals surface area contributed by atoms with Crippen molar-refractivity contribution in [2.45, 2.75) is 57.6 Å². The standard InChI is InChI=1S/C36H40ClN3O5S/c1-5-45-32-18-16-31(17-19-32)40(46(43,44)33-20-14-27(4)15-21-33)25-35(41)39(24-29-12-9-13-30(37)22-29)34(36(42)38-26(2)3)23-28-10-7-6-8-11-28/h6-22,26,34H,5,23-25H2,1-4H3,(H,38,42)/t34-/m1/s1. The molecule has 0 saturated carbocycles. The highest BCUT2D eigenvalue weighted by molar-refractivity contribution is 7.92. The monoisotopic (exact) mass is 661 g/mol. The Balaban J connectivity index is 1.80. The summed E-state index contributed by atoms with van der Waals surface area (Å²) in [5.41, 5.74) is 2.73. The quantitative estimate of drug-likeness (QED) is 0.169. The number of hydrogen-bond acceptors (Lipinski definition) is 5. The number of rotatable bonds is 14. The third-order valence-electron chi connectivity index (χ3n) is 7.27. The number of ether oxygens (including phenoxy) is 1. The highest BCUT2D eigenvalue weighted by atomic mass is 35.5. The molecule has 242 valence electrons. The van der Waals surface area contributed by atoms with Crippen LogP contribution in [0.5, 0.6) is 5.75 Å². The van der Waals surface area contributed by atoms with Gasteiger partial charge in [-0.25, -0.2) is 8.42 Å². The van der Waals surface area contributed by atoms with Crippen molar-refractivity contribution in [2.75, 3.05) is 17.5 Å². The Morgan fingerprint density at radius 1 is 0.870 bits per heavy atom. The zero-order valence-corrected chi connectivity index (χ0v) is 28.1. The van der Waals surface area contributed by atoms with Crippen LogP contribution in [0.15, 0.2) is 108 Å². The van der Waals surface area contributed by atoms with Crippen LogP contribution in [0.1, 0.15) is 37.5 Å². The lowest BCUT2D eigenvalue weighted by atomic mass is 10.0. The van der Waals surface area contributed by atoms with Crippen LogP contribution in [-0.4, -0.2) is 50.4 Å². The summed E-state index contributed by atoms with van der Waals surface area (Å²) in [6.45, 7) is 7.35. The van der Waals surface area contributed by atoms with Crippen LogP contribution >= 0.6 is 11.6 Å². The van der Waals surface area contributed by atoms with Crippen LogP contribution in [0.4, 0.5) is 5.69 Å². The fourth-order valence-electron chi connectivity index (χ4n) is 5.01. The molecule has 0 spiro atoms. The molecule has 0 aromatic heterocycles. The molecule has 0 saturated heterocycles. The van der Waals surface area contributed by atoms with Gasteiger partial charge in [0.1, 0.15) is 18.3 Å². The summed E-state index contributed by atoms with van der Waals surface area (Å²) in [6, 6.07) is 28.4. The first-order chi connectivity index (χ1) is 22.0. The lowest BCUT2D eigenvalue weighted by molar-refractivity contribution is -0.140. The van der Waals surface area contributed by atoms with Crippen molar-refractivity contribution in [2.24, 2.45) is 0 Å². The fourth-order valence-corrected chi connectivity index (χ4v) is 6.64. The normalized spacial score (nSPS) is 12.0. The van der Waals surface area contributed by atoms with Crippen LogP contribution in [0.25, 0.3) is 0 Å². The van der Waals surface area contributed by atoms with Crippen molar-refractivity contribution in [3.05, 3.63) is 125 Å². The van der Waals surface area contributed by atoms with Gasteiger partial charge in [-0.1, -0.05) is 71.8 Å². The van der Waals surface area contributed by atoms with Gasteiger partial charge < -0.3 is 15.0 Å². The average molecular weight is 662 g/mol. The summed E-state index contributed by atoms with van der Waals surface area (Å²) in [5.74, 6) is -0.325. The lowest BCUT2D eigenvalue weighted by Crippen LogP contribution is -2.54. The summed E-state index contributed by atoms with van der Waals surface area (Å²) in [4.78, 5) is 29.8. The van der Waals surface area contributed by atoms with Crippen molar-refractivity contribution in [3.8, 4) is 5.75 Å². The number of sulfonamides is 1. The van der Waals surface area contributed by atoms with Crippen molar-refractivity contribution in [1.82, 2.24) is 10.2 Å². The molecule has 4 aromatic carbocycles. The maximum atomic E-state index is 14.5. The van der Waals surface area contributed by atoms with Gasteiger partial charge in [-0.15, -0.1) is 0 Å². The first-order valence-corrected chi connectivity index (χ1v) is 17.0. The molecule has 0 unspecified atom stereocenters. The number of nitrogens with one attached hydrogen (secondary N) is 1. The predicted octanol–water partition coefficient (Wildman–Crippen LogP) is 6.41. The largest absolute Gasteiger partial charge is 0.494 e. The van der Waals surface area contributed by atoms with Gasteiger partial charge in [0.2, 0.25) is 11.8 Å². The van der Waals surface area contributed by atoms with E-state index in [9.17, 15) is 18.0 Å². The van der Waals surface area contributed by atoms with Gasteiger partial charge in [0.15, 0.2) is 0 Å². The van der Waals surface area contributed by atoms with Crippen molar-refractivity contribution >= 4 is 39.1 Å². The summed E-state index contributed by atoms with van der Waals surface area (Å²) in [5, 5.41) is 3.44. The smallest absolute Gasteiger partial charge is 0.264 e. The van der Waals surface area contributed by atoms with E-state index in [1.54, 1.807) is 54.6 Å². The Hall–Kier alpha value is -4.34. The third kappa shape index (κ3) is 9.11. The van der Waals surface area contributed by atoms with E-state index in [-0.39, 0.29) is 35.5 Å². The zero-order valence-electron chi connectivity index (χ0n) is 26.5. The topological polar surface area (TPSA) is 96.0 Å². The van der Waals surface area contributed by atoms with Gasteiger partial charge in [0.25, 0.3) is 10.0 Å². The van der Waals surface area contributed by atoms with Crippen molar-refractivity contribution in [3.63, 3.8) is 0 Å². The van der Waals surface area contributed by atoms with Crippen LogP contribution in [0.2, 0.25) is 5.02 Å². The summed E-state index contributed by atoms with van der Waals surface area (Å²) in [6.07, 6.45) is 0.222. The minimum atomic E-state index is -4.20. The summed E-state index contributed by atoms with van der Waals surface area (Å²) >= 11 is 6.31. The van der Waals surface area contributed by atoms with Crippen LogP contribution in [0.3, 0.4) is 0 Å². The molecule has 1 atom stereocenters. The first-order valence-electron chi connectivity index (χ1n) is 15.2. The van der Waals surface area contributed by atoms with E-state index in [0.29, 0.717) is 22.9 Å². The van der Waals surface area contributed by atoms with E-state index >= 15 is 0 Å². The molecule has 2 amide bonds. The van der Waals surface area contributed by atoms with Crippen molar-refractivity contribution < 1.29 is 22.7 Å². The Labute approximate surface area is 277 Å². The molecular formula is C36H40ClN3O5S. The second-order valence-electron chi connectivity index (χ2n) is 11.3. The Bertz CT molecular complexity index is 1710. The molecule has 46 heavy (non-hydrogen) atoms. The Morgan fingerprint density at radius 3 is 2.13 bits per heavy atom. The minimum absolute atomic E-state index is 0.0319. The number of benzene rings is 4. The van der Waals surface area contributed by atoms with E-state index in [1.165, 1.54) is 17.0 Å². The van der Waals surface area contributed by atoms with Crippen LogP contribution in [-0.2, 0) is 32.6 Å². The molecule has 0 aliphatic rings. The Kier molecular flexibility index (Phi) is 11.8. The number of amides is 2. The molecule has 0 fully saturated rings. The molecule has 0 aliphatic carbocycles. The van der Waals surface area contributed by atoms with Gasteiger partial charge >= 0.3 is 0 Å².